The summed E-state index contributed by atoms with van der Waals surface area (Å²) in [4.78, 5) is 12.0. The van der Waals surface area contributed by atoms with Crippen LogP contribution in [0.25, 0.3) is 17.4 Å². The molecule has 0 radical (unpaired) electrons. The number of ether oxygens (including phenoxy) is 2. The molecule has 0 fully saturated rings. The Morgan fingerprint density at radius 1 is 1.18 bits per heavy atom. The molecule has 4 nitrogen and oxygen atoms in total. The normalized spacial score (nSPS) is 11.0. The van der Waals surface area contributed by atoms with Crippen LogP contribution >= 0.6 is 39.1 Å². The van der Waals surface area contributed by atoms with Crippen LogP contribution in [-0.4, -0.2) is 13.1 Å². The van der Waals surface area contributed by atoms with Gasteiger partial charge in [-0.05, 0) is 48.5 Å². The van der Waals surface area contributed by atoms with Gasteiger partial charge in [-0.15, -0.1) is 0 Å². The first-order valence-electron chi connectivity index (χ1n) is 8.19. The van der Waals surface area contributed by atoms with Gasteiger partial charge in [-0.2, -0.15) is 0 Å². The van der Waals surface area contributed by atoms with Gasteiger partial charge in [0.1, 0.15) is 23.9 Å². The SMILES string of the molecule is COc1ccc(Br)cc1/C=C/C(=O)OCc1ccc(-c2cccc(Cl)c2Cl)o1. The van der Waals surface area contributed by atoms with Crippen LogP contribution in [0.4, 0.5) is 0 Å². The molecule has 0 aliphatic heterocycles. The van der Waals surface area contributed by atoms with E-state index in [9.17, 15) is 4.79 Å². The Bertz CT molecular complexity index is 1030. The highest BCUT2D eigenvalue weighted by Crippen LogP contribution is 2.34. The van der Waals surface area contributed by atoms with Crippen molar-refractivity contribution in [3.8, 4) is 17.1 Å². The number of carbonyl (C=O) groups excluding carboxylic acids is 1. The van der Waals surface area contributed by atoms with Crippen molar-refractivity contribution < 1.29 is 18.7 Å². The summed E-state index contributed by atoms with van der Waals surface area (Å²) in [5, 5.41) is 0.852. The van der Waals surface area contributed by atoms with E-state index in [4.69, 9.17) is 37.1 Å². The molecule has 0 unspecified atom stereocenters. The maximum Gasteiger partial charge on any atom is 0.331 e. The number of hydrogen-bond donors (Lipinski definition) is 0. The van der Waals surface area contributed by atoms with Gasteiger partial charge in [-0.25, -0.2) is 4.79 Å². The first-order valence-corrected chi connectivity index (χ1v) is 9.74. The van der Waals surface area contributed by atoms with Crippen LogP contribution in [0.15, 0.2) is 63.5 Å². The lowest BCUT2D eigenvalue weighted by Gasteiger charge is -2.05. The maximum absolute atomic E-state index is 12.0. The first kappa shape index (κ1) is 20.5. The fourth-order valence-corrected chi connectivity index (χ4v) is 3.25. The molecule has 0 aliphatic rings. The third-order valence-corrected chi connectivity index (χ3v) is 5.14. The zero-order chi connectivity index (χ0) is 20.1. The molecule has 0 aliphatic carbocycles. The molecule has 1 heterocycles. The van der Waals surface area contributed by atoms with Gasteiger partial charge in [-0.3, -0.25) is 0 Å². The zero-order valence-electron chi connectivity index (χ0n) is 14.7. The van der Waals surface area contributed by atoms with E-state index in [0.29, 0.717) is 32.9 Å². The molecule has 1 aromatic heterocycles. The summed E-state index contributed by atoms with van der Waals surface area (Å²) in [5.41, 5.74) is 1.43. The summed E-state index contributed by atoms with van der Waals surface area (Å²) in [6, 6.07) is 14.3. The van der Waals surface area contributed by atoms with E-state index in [1.54, 1.807) is 49.6 Å². The number of methoxy groups -OCH3 is 1. The summed E-state index contributed by atoms with van der Waals surface area (Å²) in [7, 11) is 1.57. The number of halogens is 3. The summed E-state index contributed by atoms with van der Waals surface area (Å²) < 4.78 is 17.1. The molecule has 0 spiro atoms. The van der Waals surface area contributed by atoms with Crippen LogP contribution in [-0.2, 0) is 16.1 Å². The van der Waals surface area contributed by atoms with Crippen molar-refractivity contribution in [3.63, 3.8) is 0 Å². The molecule has 2 aromatic carbocycles. The van der Waals surface area contributed by atoms with E-state index in [1.807, 2.05) is 12.1 Å². The highest BCUT2D eigenvalue weighted by atomic mass is 79.9. The third-order valence-electron chi connectivity index (χ3n) is 3.83. The number of hydrogen-bond acceptors (Lipinski definition) is 4. The van der Waals surface area contributed by atoms with E-state index in [1.165, 1.54) is 6.08 Å². The van der Waals surface area contributed by atoms with Crippen molar-refractivity contribution in [3.05, 3.63) is 80.4 Å². The van der Waals surface area contributed by atoms with Crippen molar-refractivity contribution in [1.29, 1.82) is 0 Å². The van der Waals surface area contributed by atoms with Crippen LogP contribution in [0, 0.1) is 0 Å². The van der Waals surface area contributed by atoms with Crippen molar-refractivity contribution in [2.24, 2.45) is 0 Å². The minimum atomic E-state index is -0.499. The predicted octanol–water partition coefficient (Wildman–Crippen LogP) is 6.78. The van der Waals surface area contributed by atoms with Crippen molar-refractivity contribution >= 4 is 51.2 Å². The van der Waals surface area contributed by atoms with E-state index in [0.717, 1.165) is 10.0 Å². The van der Waals surface area contributed by atoms with E-state index in [2.05, 4.69) is 15.9 Å². The third kappa shape index (κ3) is 4.98. The topological polar surface area (TPSA) is 48.7 Å². The van der Waals surface area contributed by atoms with Gasteiger partial charge in [0.25, 0.3) is 0 Å². The fraction of sp³-hybridized carbons (Fsp3) is 0.0952. The molecule has 0 saturated carbocycles. The Balaban J connectivity index is 1.64. The Kier molecular flexibility index (Phi) is 6.83. The van der Waals surface area contributed by atoms with Gasteiger partial charge in [0.05, 0.1) is 17.2 Å². The largest absolute Gasteiger partial charge is 0.496 e. The Labute approximate surface area is 180 Å². The van der Waals surface area contributed by atoms with Gasteiger partial charge in [0.15, 0.2) is 0 Å². The molecule has 0 bridgehead atoms. The molecular formula is C21H15BrCl2O4. The van der Waals surface area contributed by atoms with Gasteiger partial charge in [-0.1, -0.05) is 45.2 Å². The smallest absolute Gasteiger partial charge is 0.331 e. The Morgan fingerprint density at radius 3 is 2.79 bits per heavy atom. The second-order valence-electron chi connectivity index (χ2n) is 5.69. The van der Waals surface area contributed by atoms with Crippen molar-refractivity contribution in [2.75, 3.05) is 7.11 Å². The van der Waals surface area contributed by atoms with E-state index >= 15 is 0 Å². The second-order valence-corrected chi connectivity index (χ2v) is 7.40. The lowest BCUT2D eigenvalue weighted by Crippen LogP contribution is -2.00. The Hall–Kier alpha value is -2.21. The number of furan rings is 1. The number of carbonyl (C=O) groups is 1. The van der Waals surface area contributed by atoms with Gasteiger partial charge in [0.2, 0.25) is 0 Å². The average molecular weight is 482 g/mol. The maximum atomic E-state index is 12.0. The monoisotopic (exact) mass is 480 g/mol. The van der Waals surface area contributed by atoms with Crippen LogP contribution in [0.5, 0.6) is 5.75 Å². The lowest BCUT2D eigenvalue weighted by molar-refractivity contribution is -0.139. The highest BCUT2D eigenvalue weighted by Gasteiger charge is 2.12. The van der Waals surface area contributed by atoms with E-state index < -0.39 is 5.97 Å². The lowest BCUT2D eigenvalue weighted by atomic mass is 10.2. The highest BCUT2D eigenvalue weighted by molar-refractivity contribution is 9.10. The van der Waals surface area contributed by atoms with Crippen molar-refractivity contribution in [2.45, 2.75) is 6.61 Å². The molecule has 28 heavy (non-hydrogen) atoms. The minimum absolute atomic E-state index is 0.00300. The second kappa shape index (κ2) is 9.32. The minimum Gasteiger partial charge on any atom is -0.496 e. The number of esters is 1. The zero-order valence-corrected chi connectivity index (χ0v) is 17.8. The molecule has 0 N–H and O–H groups in total. The molecule has 3 aromatic rings. The molecule has 3 rings (SSSR count). The number of benzene rings is 2. The van der Waals surface area contributed by atoms with Gasteiger partial charge in [0, 0.05) is 21.7 Å². The van der Waals surface area contributed by atoms with Crippen LogP contribution in [0.3, 0.4) is 0 Å². The predicted molar refractivity (Wildman–Crippen MR) is 114 cm³/mol. The number of rotatable bonds is 6. The van der Waals surface area contributed by atoms with E-state index in [-0.39, 0.29) is 6.61 Å². The van der Waals surface area contributed by atoms with Crippen LogP contribution in [0.2, 0.25) is 10.0 Å². The average Bonchev–Trinajstić information content (AvgIpc) is 3.15. The molecule has 0 saturated heterocycles. The standard InChI is InChI=1S/C21H15BrCl2O4/c1-26-18-8-6-14(22)11-13(18)5-10-20(25)27-12-15-7-9-19(28-15)16-3-2-4-17(23)21(16)24/h2-11H,12H2,1H3/b10-5+. The summed E-state index contributed by atoms with van der Waals surface area (Å²) in [6.07, 6.45) is 2.97. The summed E-state index contributed by atoms with van der Waals surface area (Å²) in [6.45, 7) is -0.00300. The van der Waals surface area contributed by atoms with Gasteiger partial charge < -0.3 is 13.9 Å². The molecule has 7 heteroatoms. The molecule has 0 atom stereocenters. The molecular weight excluding hydrogens is 467 g/mol. The van der Waals surface area contributed by atoms with Gasteiger partial charge >= 0.3 is 5.97 Å². The van der Waals surface area contributed by atoms with Crippen molar-refractivity contribution in [1.82, 2.24) is 0 Å². The van der Waals surface area contributed by atoms with Crippen LogP contribution < -0.4 is 4.74 Å². The molecule has 0 amide bonds. The summed E-state index contributed by atoms with van der Waals surface area (Å²) in [5.74, 6) is 1.20. The Morgan fingerprint density at radius 2 is 2.00 bits per heavy atom. The quantitative estimate of drug-likeness (QED) is 0.287. The first-order chi connectivity index (χ1) is 13.5. The molecule has 144 valence electrons. The van der Waals surface area contributed by atoms with Crippen LogP contribution in [0.1, 0.15) is 11.3 Å². The fourth-order valence-electron chi connectivity index (χ4n) is 2.48. The summed E-state index contributed by atoms with van der Waals surface area (Å²) >= 11 is 15.6.